The van der Waals surface area contributed by atoms with Gasteiger partial charge in [0, 0.05) is 10.4 Å². The van der Waals surface area contributed by atoms with Gasteiger partial charge in [-0.15, -0.1) is 11.3 Å². The van der Waals surface area contributed by atoms with Gasteiger partial charge in [-0.25, -0.2) is 4.39 Å². The molecule has 1 aromatic carbocycles. The van der Waals surface area contributed by atoms with Crippen molar-refractivity contribution in [3.05, 3.63) is 57.5 Å². The third kappa shape index (κ3) is 3.13. The quantitative estimate of drug-likeness (QED) is 0.828. The van der Waals surface area contributed by atoms with E-state index in [-0.39, 0.29) is 12.4 Å². The summed E-state index contributed by atoms with van der Waals surface area (Å²) < 4.78 is 18.8. The molecule has 0 aliphatic heterocycles. The Labute approximate surface area is 103 Å². The van der Waals surface area contributed by atoms with Crippen molar-refractivity contribution in [2.75, 3.05) is 0 Å². The Morgan fingerprint density at radius 3 is 2.88 bits per heavy atom. The van der Waals surface area contributed by atoms with Crippen LogP contribution < -0.4 is 0 Å². The molecule has 0 fully saturated rings. The van der Waals surface area contributed by atoms with Crippen LogP contribution in [0.3, 0.4) is 0 Å². The van der Waals surface area contributed by atoms with Crippen molar-refractivity contribution in [1.29, 1.82) is 5.26 Å². The van der Waals surface area contributed by atoms with Crippen molar-refractivity contribution in [3.8, 4) is 6.07 Å². The maximum absolute atomic E-state index is 13.4. The average Bonchev–Trinajstić information content (AvgIpc) is 2.84. The molecule has 0 saturated carbocycles. The van der Waals surface area contributed by atoms with Crippen LogP contribution in [0, 0.1) is 17.1 Å². The zero-order chi connectivity index (χ0) is 12.1. The highest BCUT2D eigenvalue weighted by atomic mass is 32.1. The molecule has 86 valence electrons. The van der Waals surface area contributed by atoms with Crippen molar-refractivity contribution >= 4 is 11.3 Å². The van der Waals surface area contributed by atoms with E-state index in [1.54, 1.807) is 11.3 Å². The van der Waals surface area contributed by atoms with Crippen LogP contribution in [0.15, 0.2) is 35.7 Å². The number of halogens is 1. The number of nitriles is 1. The summed E-state index contributed by atoms with van der Waals surface area (Å²) in [6, 6.07) is 10.2. The van der Waals surface area contributed by atoms with Crippen LogP contribution in [0.1, 0.15) is 16.0 Å². The van der Waals surface area contributed by atoms with Crippen molar-refractivity contribution in [2.24, 2.45) is 0 Å². The van der Waals surface area contributed by atoms with E-state index in [9.17, 15) is 4.39 Å². The highest BCUT2D eigenvalue weighted by molar-refractivity contribution is 7.09. The largest absolute Gasteiger partial charge is 0.371 e. The smallest absolute Gasteiger partial charge is 0.128 e. The van der Waals surface area contributed by atoms with Gasteiger partial charge >= 0.3 is 0 Å². The Morgan fingerprint density at radius 2 is 2.18 bits per heavy atom. The van der Waals surface area contributed by atoms with E-state index in [2.05, 4.69) is 0 Å². The number of nitrogens with zero attached hydrogens (tertiary/aromatic N) is 1. The lowest BCUT2D eigenvalue weighted by Crippen LogP contribution is -1.96. The maximum Gasteiger partial charge on any atom is 0.128 e. The minimum absolute atomic E-state index is 0.180. The third-order valence-electron chi connectivity index (χ3n) is 2.26. The summed E-state index contributed by atoms with van der Waals surface area (Å²) in [4.78, 5) is 1.10. The molecule has 0 atom stereocenters. The Kier molecular flexibility index (Phi) is 3.86. The first kappa shape index (κ1) is 11.8. The zero-order valence-electron chi connectivity index (χ0n) is 9.02. The SMILES string of the molecule is N#Cc1ccc(F)c(COCc2cccs2)c1. The lowest BCUT2D eigenvalue weighted by molar-refractivity contribution is 0.107. The minimum Gasteiger partial charge on any atom is -0.371 e. The Morgan fingerprint density at radius 1 is 1.29 bits per heavy atom. The van der Waals surface area contributed by atoms with Gasteiger partial charge in [0.15, 0.2) is 0 Å². The van der Waals surface area contributed by atoms with E-state index in [0.717, 1.165) is 4.88 Å². The van der Waals surface area contributed by atoms with Gasteiger partial charge in [-0.1, -0.05) is 6.07 Å². The molecule has 0 radical (unpaired) electrons. The van der Waals surface area contributed by atoms with Gasteiger partial charge < -0.3 is 4.74 Å². The molecule has 17 heavy (non-hydrogen) atoms. The van der Waals surface area contributed by atoms with Crippen LogP contribution >= 0.6 is 11.3 Å². The van der Waals surface area contributed by atoms with Gasteiger partial charge in [0.2, 0.25) is 0 Å². The topological polar surface area (TPSA) is 33.0 Å². The van der Waals surface area contributed by atoms with Gasteiger partial charge in [-0.3, -0.25) is 0 Å². The maximum atomic E-state index is 13.4. The first-order chi connectivity index (χ1) is 8.29. The Bertz CT molecular complexity index is 531. The van der Waals surface area contributed by atoms with Gasteiger partial charge in [-0.05, 0) is 29.6 Å². The van der Waals surface area contributed by atoms with Crippen LogP contribution in [0.2, 0.25) is 0 Å². The first-order valence-electron chi connectivity index (χ1n) is 5.08. The molecular weight excluding hydrogens is 237 g/mol. The van der Waals surface area contributed by atoms with Crippen molar-refractivity contribution in [1.82, 2.24) is 0 Å². The van der Waals surface area contributed by atoms with Gasteiger partial charge in [-0.2, -0.15) is 5.26 Å². The van der Waals surface area contributed by atoms with Crippen LogP contribution in [-0.2, 0) is 18.0 Å². The van der Waals surface area contributed by atoms with Crippen LogP contribution in [0.25, 0.3) is 0 Å². The molecular formula is C13H10FNOS. The van der Waals surface area contributed by atoms with Gasteiger partial charge in [0.1, 0.15) is 5.82 Å². The second-order valence-corrected chi connectivity index (χ2v) is 4.52. The Hall–Kier alpha value is -1.70. The summed E-state index contributed by atoms with van der Waals surface area (Å²) >= 11 is 1.60. The second kappa shape index (κ2) is 5.58. The summed E-state index contributed by atoms with van der Waals surface area (Å²) in [6.07, 6.45) is 0. The molecule has 4 heteroatoms. The number of thiophene rings is 1. The first-order valence-corrected chi connectivity index (χ1v) is 5.96. The van der Waals surface area contributed by atoms with Crippen LogP contribution in [0.5, 0.6) is 0 Å². The van der Waals surface area contributed by atoms with E-state index in [4.69, 9.17) is 10.00 Å². The molecule has 1 aromatic heterocycles. The third-order valence-corrected chi connectivity index (χ3v) is 3.11. The van der Waals surface area contributed by atoms with E-state index >= 15 is 0 Å². The molecule has 1 heterocycles. The van der Waals surface area contributed by atoms with Crippen LogP contribution in [0.4, 0.5) is 4.39 Å². The lowest BCUT2D eigenvalue weighted by Gasteiger charge is -2.04. The minimum atomic E-state index is -0.338. The molecule has 0 aliphatic rings. The van der Waals surface area contributed by atoms with Crippen LogP contribution in [-0.4, -0.2) is 0 Å². The van der Waals surface area contributed by atoms with E-state index in [1.807, 2.05) is 23.6 Å². The molecule has 2 aromatic rings. The van der Waals surface area contributed by atoms with E-state index < -0.39 is 0 Å². The summed E-state index contributed by atoms with van der Waals surface area (Å²) in [5.74, 6) is -0.338. The summed E-state index contributed by atoms with van der Waals surface area (Å²) in [5, 5.41) is 10.7. The van der Waals surface area contributed by atoms with Crippen molar-refractivity contribution < 1.29 is 9.13 Å². The molecule has 0 spiro atoms. The number of ether oxygens (including phenoxy) is 1. The Balaban J connectivity index is 1.97. The number of rotatable bonds is 4. The highest BCUT2D eigenvalue weighted by Gasteiger charge is 2.04. The monoisotopic (exact) mass is 247 g/mol. The van der Waals surface area contributed by atoms with E-state index in [1.165, 1.54) is 18.2 Å². The fourth-order valence-corrected chi connectivity index (χ4v) is 2.05. The fourth-order valence-electron chi connectivity index (χ4n) is 1.41. The number of benzene rings is 1. The second-order valence-electron chi connectivity index (χ2n) is 3.49. The average molecular weight is 247 g/mol. The summed E-state index contributed by atoms with van der Waals surface area (Å²) in [7, 11) is 0. The molecule has 0 aliphatic carbocycles. The summed E-state index contributed by atoms with van der Waals surface area (Å²) in [5.41, 5.74) is 0.863. The molecule has 0 amide bonds. The van der Waals surface area contributed by atoms with Gasteiger partial charge in [0.05, 0.1) is 24.8 Å². The fraction of sp³-hybridized carbons (Fsp3) is 0.154. The predicted molar refractivity (Wildman–Crippen MR) is 63.9 cm³/mol. The lowest BCUT2D eigenvalue weighted by atomic mass is 10.1. The predicted octanol–water partition coefficient (Wildman–Crippen LogP) is 3.48. The normalized spacial score (nSPS) is 10.1. The molecule has 2 rings (SSSR count). The number of hydrogen-bond acceptors (Lipinski definition) is 3. The van der Waals surface area contributed by atoms with Crippen molar-refractivity contribution in [3.63, 3.8) is 0 Å². The molecule has 0 bridgehead atoms. The molecule has 2 nitrogen and oxygen atoms in total. The summed E-state index contributed by atoms with van der Waals surface area (Å²) in [6.45, 7) is 0.646. The van der Waals surface area contributed by atoms with Gasteiger partial charge in [0.25, 0.3) is 0 Å². The number of hydrogen-bond donors (Lipinski definition) is 0. The standard InChI is InChI=1S/C13H10FNOS/c14-13-4-3-10(7-15)6-11(13)8-16-9-12-2-1-5-17-12/h1-6H,8-9H2. The molecule has 0 N–H and O–H groups in total. The molecule has 0 saturated heterocycles. The highest BCUT2D eigenvalue weighted by Crippen LogP contribution is 2.14. The van der Waals surface area contributed by atoms with Crippen molar-refractivity contribution in [2.45, 2.75) is 13.2 Å². The molecule has 0 unspecified atom stereocenters. The zero-order valence-corrected chi connectivity index (χ0v) is 9.84. The van der Waals surface area contributed by atoms with E-state index in [0.29, 0.717) is 17.7 Å².